The summed E-state index contributed by atoms with van der Waals surface area (Å²) in [5.41, 5.74) is -0.911. The van der Waals surface area contributed by atoms with E-state index in [9.17, 15) is 18.8 Å². The topological polar surface area (TPSA) is 69.7 Å². The number of urea groups is 1. The van der Waals surface area contributed by atoms with Crippen LogP contribution < -0.4 is 5.32 Å². The smallest absolute Gasteiger partial charge is 0.327 e. The number of benzene rings is 1. The minimum Gasteiger partial charge on any atom is -0.348 e. The maximum absolute atomic E-state index is 15.0. The molecule has 6 nitrogen and oxygen atoms in total. The van der Waals surface area contributed by atoms with E-state index in [-0.39, 0.29) is 56.6 Å². The predicted molar refractivity (Wildman–Crippen MR) is 122 cm³/mol. The monoisotopic (exact) mass is 495 g/mol. The molecule has 1 aromatic carbocycles. The second-order valence-corrected chi connectivity index (χ2v) is 11.3. The molecule has 1 spiro atoms. The Labute approximate surface area is 202 Å². The van der Waals surface area contributed by atoms with Gasteiger partial charge in [-0.3, -0.25) is 14.5 Å². The first-order valence-electron chi connectivity index (χ1n) is 11.5. The Balaban J connectivity index is 1.38. The summed E-state index contributed by atoms with van der Waals surface area (Å²) in [6, 6.07) is 1.84. The number of amides is 4. The minimum atomic E-state index is -0.836. The highest BCUT2D eigenvalue weighted by Gasteiger charge is 2.71. The molecule has 178 valence electrons. The van der Waals surface area contributed by atoms with Gasteiger partial charge in [0.25, 0.3) is 5.91 Å². The Morgan fingerprint density at radius 3 is 2.30 bits per heavy atom. The van der Waals surface area contributed by atoms with Crippen LogP contribution in [0.4, 0.5) is 9.18 Å². The van der Waals surface area contributed by atoms with Crippen molar-refractivity contribution in [2.75, 3.05) is 14.1 Å². The highest BCUT2D eigenvalue weighted by Crippen LogP contribution is 2.64. The van der Waals surface area contributed by atoms with E-state index in [0.717, 1.165) is 25.7 Å². The normalized spacial score (nSPS) is 33.1. The zero-order valence-electron chi connectivity index (χ0n) is 19.0. The lowest BCUT2D eigenvalue weighted by atomic mass is 9.76. The minimum absolute atomic E-state index is 0.0346. The van der Waals surface area contributed by atoms with Gasteiger partial charge in [0, 0.05) is 25.6 Å². The highest BCUT2D eigenvalue weighted by atomic mass is 35.5. The zero-order chi connectivity index (χ0) is 23.9. The molecule has 3 atom stereocenters. The van der Waals surface area contributed by atoms with Crippen LogP contribution >= 0.6 is 23.2 Å². The van der Waals surface area contributed by atoms with Crippen molar-refractivity contribution in [2.24, 2.45) is 23.2 Å². The average Bonchev–Trinajstić information content (AvgIpc) is 3.06. The predicted octanol–water partition coefficient (Wildman–Crippen LogP) is 4.79. The molecule has 4 fully saturated rings. The number of fused-ring (bicyclic) bond motifs is 1. The van der Waals surface area contributed by atoms with Crippen LogP contribution in [-0.2, 0) is 9.59 Å². The van der Waals surface area contributed by atoms with Gasteiger partial charge in [0.2, 0.25) is 5.91 Å². The molecule has 3 unspecified atom stereocenters. The fourth-order valence-electron chi connectivity index (χ4n) is 6.76. The van der Waals surface area contributed by atoms with Crippen molar-refractivity contribution in [1.82, 2.24) is 15.1 Å². The van der Waals surface area contributed by atoms with E-state index >= 15 is 0 Å². The maximum Gasteiger partial charge on any atom is 0.327 e. The molecule has 1 aromatic rings. The number of likely N-dealkylation sites (N-methyl/N-ethyl adjacent to an activating group) is 2. The lowest BCUT2D eigenvalue weighted by molar-refractivity contribution is -0.133. The number of rotatable bonds is 4. The molecule has 1 N–H and O–H groups in total. The first-order valence-corrected chi connectivity index (χ1v) is 12.3. The van der Waals surface area contributed by atoms with Gasteiger partial charge in [0.15, 0.2) is 0 Å². The second kappa shape index (κ2) is 7.57. The third-order valence-corrected chi connectivity index (χ3v) is 9.62. The Kier molecular flexibility index (Phi) is 5.26. The van der Waals surface area contributed by atoms with Gasteiger partial charge in [-0.1, -0.05) is 43.0 Å². The molecule has 0 aromatic heterocycles. The van der Waals surface area contributed by atoms with E-state index in [4.69, 9.17) is 23.2 Å². The van der Waals surface area contributed by atoms with Gasteiger partial charge < -0.3 is 10.2 Å². The highest BCUT2D eigenvalue weighted by molar-refractivity contribution is 6.42. The van der Waals surface area contributed by atoms with Crippen molar-refractivity contribution >= 4 is 41.0 Å². The van der Waals surface area contributed by atoms with E-state index in [0.29, 0.717) is 12.8 Å². The quantitative estimate of drug-likeness (QED) is 0.482. The first-order chi connectivity index (χ1) is 15.5. The van der Waals surface area contributed by atoms with Gasteiger partial charge in [0.1, 0.15) is 11.4 Å². The summed E-state index contributed by atoms with van der Waals surface area (Å²) in [5.74, 6) is -0.977. The van der Waals surface area contributed by atoms with Crippen molar-refractivity contribution in [3.63, 3.8) is 0 Å². The number of imide groups is 1. The van der Waals surface area contributed by atoms with E-state index in [2.05, 4.69) is 12.2 Å². The fourth-order valence-corrected chi connectivity index (χ4v) is 7.19. The van der Waals surface area contributed by atoms with Crippen LogP contribution in [-0.4, -0.2) is 47.3 Å². The molecule has 1 saturated heterocycles. The van der Waals surface area contributed by atoms with Gasteiger partial charge >= 0.3 is 6.03 Å². The van der Waals surface area contributed by atoms with E-state index in [1.54, 1.807) is 7.05 Å². The molecule has 9 heteroatoms. The van der Waals surface area contributed by atoms with E-state index in [1.165, 1.54) is 29.0 Å². The Hall–Kier alpha value is -1.86. The fraction of sp³-hybridized carbons (Fsp3) is 0.625. The van der Waals surface area contributed by atoms with Crippen molar-refractivity contribution in [3.8, 4) is 0 Å². The van der Waals surface area contributed by atoms with E-state index < -0.39 is 17.4 Å². The molecular formula is C24H28Cl2FN3O3. The van der Waals surface area contributed by atoms with Crippen molar-refractivity contribution in [3.05, 3.63) is 33.6 Å². The zero-order valence-corrected chi connectivity index (χ0v) is 20.5. The van der Waals surface area contributed by atoms with Crippen LogP contribution in [0.2, 0.25) is 10.0 Å². The molecule has 1 heterocycles. The van der Waals surface area contributed by atoms with Gasteiger partial charge in [0.05, 0.1) is 16.1 Å². The Morgan fingerprint density at radius 2 is 1.76 bits per heavy atom. The van der Waals surface area contributed by atoms with Crippen molar-refractivity contribution in [1.29, 1.82) is 0 Å². The summed E-state index contributed by atoms with van der Waals surface area (Å²) in [7, 11) is 3.16. The number of carbonyl (C=O) groups is 3. The largest absolute Gasteiger partial charge is 0.348 e. The van der Waals surface area contributed by atoms with Crippen LogP contribution in [0, 0.1) is 29.0 Å². The number of hydrogen-bond acceptors (Lipinski definition) is 3. The van der Waals surface area contributed by atoms with E-state index in [1.807, 2.05) is 0 Å². The summed E-state index contributed by atoms with van der Waals surface area (Å²) >= 11 is 12.7. The summed E-state index contributed by atoms with van der Waals surface area (Å²) < 4.78 is 15.0. The van der Waals surface area contributed by atoms with Gasteiger partial charge in [-0.25, -0.2) is 9.18 Å². The summed E-state index contributed by atoms with van der Waals surface area (Å²) in [5, 5.41) is 3.54. The molecule has 3 saturated carbocycles. The number of hydrogen-bond donors (Lipinski definition) is 1. The molecule has 1 aliphatic heterocycles. The van der Waals surface area contributed by atoms with Crippen molar-refractivity contribution in [2.45, 2.75) is 57.0 Å². The molecule has 3 aliphatic carbocycles. The number of nitrogens with one attached hydrogen (secondary N) is 1. The Bertz CT molecular complexity index is 1050. The molecule has 5 rings (SSSR count). The molecule has 0 bridgehead atoms. The summed E-state index contributed by atoms with van der Waals surface area (Å²) in [6.45, 7) is 2.07. The lowest BCUT2D eigenvalue weighted by Crippen LogP contribution is -2.48. The van der Waals surface area contributed by atoms with Crippen molar-refractivity contribution < 1.29 is 18.8 Å². The molecular weight excluding hydrogens is 468 g/mol. The van der Waals surface area contributed by atoms with Crippen LogP contribution in [0.5, 0.6) is 0 Å². The van der Waals surface area contributed by atoms with Crippen LogP contribution in [0.15, 0.2) is 12.1 Å². The van der Waals surface area contributed by atoms with Crippen LogP contribution in [0.3, 0.4) is 0 Å². The maximum atomic E-state index is 15.0. The van der Waals surface area contributed by atoms with Gasteiger partial charge in [-0.05, 0) is 55.1 Å². The second-order valence-electron chi connectivity index (χ2n) is 10.6. The summed E-state index contributed by atoms with van der Waals surface area (Å²) in [6.07, 6.45) is 4.69. The molecule has 4 aliphatic rings. The summed E-state index contributed by atoms with van der Waals surface area (Å²) in [4.78, 5) is 41.2. The average molecular weight is 496 g/mol. The molecule has 0 radical (unpaired) electrons. The standard InChI is InChI=1S/C24H28Cl2FN3O3/c1-23(8-4-5-9-23)19(17-15(27)7-6-14(25)18(17)26)28-20(31)16-12-10-24(11-13(12)16)21(32)29(2)22(33)30(24)3/h6-7,12-13,16,19H,4-5,8-11H2,1-3H3,(H,28,31). The SMILES string of the molecule is CN1C(=O)N(C)C2(CC3C(C2)C3C(=O)NC(c2c(F)ccc(Cl)c2Cl)C2(C)CCCC2)C1=O. The van der Waals surface area contributed by atoms with Crippen LogP contribution in [0.25, 0.3) is 0 Å². The molecule has 33 heavy (non-hydrogen) atoms. The third kappa shape index (κ3) is 3.22. The lowest BCUT2D eigenvalue weighted by Gasteiger charge is -2.36. The Morgan fingerprint density at radius 1 is 1.15 bits per heavy atom. The number of halogens is 3. The number of nitrogens with zero attached hydrogens (tertiary/aromatic N) is 2. The number of carbonyl (C=O) groups excluding carboxylic acids is 3. The van der Waals surface area contributed by atoms with Gasteiger partial charge in [-0.15, -0.1) is 0 Å². The van der Waals surface area contributed by atoms with Crippen LogP contribution in [0.1, 0.15) is 57.1 Å². The molecule has 4 amide bonds. The first kappa shape index (κ1) is 22.9. The third-order valence-electron chi connectivity index (χ3n) is 8.80. The van der Waals surface area contributed by atoms with Gasteiger partial charge in [-0.2, -0.15) is 0 Å².